The topological polar surface area (TPSA) is 57.7 Å². The highest BCUT2D eigenvalue weighted by atomic mass is 32.2. The van der Waals surface area contributed by atoms with Gasteiger partial charge in [-0.2, -0.15) is 4.31 Å². The maximum absolute atomic E-state index is 13.1. The van der Waals surface area contributed by atoms with Gasteiger partial charge in [0.1, 0.15) is 0 Å². The zero-order valence-electron chi connectivity index (χ0n) is 15.9. The van der Waals surface area contributed by atoms with Crippen molar-refractivity contribution >= 4 is 15.9 Å². The number of hydrogen-bond donors (Lipinski definition) is 0. The lowest BCUT2D eigenvalue weighted by molar-refractivity contribution is -0.137. The van der Waals surface area contributed by atoms with Crippen molar-refractivity contribution in [2.45, 2.75) is 44.9 Å². The van der Waals surface area contributed by atoms with Crippen LogP contribution in [-0.4, -0.2) is 49.7 Å². The highest BCUT2D eigenvalue weighted by molar-refractivity contribution is 7.89. The predicted octanol–water partition coefficient (Wildman–Crippen LogP) is 2.80. The molecule has 0 unspecified atom stereocenters. The minimum Gasteiger partial charge on any atom is -0.340 e. The molecule has 2 aliphatic rings. The summed E-state index contributed by atoms with van der Waals surface area (Å²) in [6.07, 6.45) is 6.86. The van der Waals surface area contributed by atoms with Gasteiger partial charge < -0.3 is 4.90 Å². The number of aryl methyl sites for hydroxylation is 3. The molecule has 1 amide bonds. The summed E-state index contributed by atoms with van der Waals surface area (Å²) in [6.45, 7) is 7.35. The molecule has 1 atom stereocenters. The Morgan fingerprint density at radius 3 is 2.15 bits per heavy atom. The van der Waals surface area contributed by atoms with Crippen LogP contribution < -0.4 is 0 Å². The van der Waals surface area contributed by atoms with Crippen molar-refractivity contribution in [2.75, 3.05) is 26.2 Å². The Hall–Kier alpha value is -1.66. The average Bonchev–Trinajstić information content (AvgIpc) is 2.61. The fourth-order valence-electron chi connectivity index (χ4n) is 4.13. The Morgan fingerprint density at radius 2 is 1.62 bits per heavy atom. The second-order valence-electron chi connectivity index (χ2n) is 7.44. The van der Waals surface area contributed by atoms with E-state index in [-0.39, 0.29) is 11.8 Å². The number of carbonyl (C=O) groups is 1. The van der Waals surface area contributed by atoms with E-state index in [1.54, 1.807) is 0 Å². The highest BCUT2D eigenvalue weighted by Gasteiger charge is 2.33. The first-order valence-electron chi connectivity index (χ1n) is 9.32. The van der Waals surface area contributed by atoms with Gasteiger partial charge in [-0.1, -0.05) is 29.8 Å². The summed E-state index contributed by atoms with van der Waals surface area (Å²) in [7, 11) is -3.53. The quantitative estimate of drug-likeness (QED) is 0.762. The maximum Gasteiger partial charge on any atom is 0.243 e. The molecule has 6 heteroatoms. The van der Waals surface area contributed by atoms with Crippen molar-refractivity contribution in [2.24, 2.45) is 5.92 Å². The summed E-state index contributed by atoms with van der Waals surface area (Å²) in [5, 5.41) is 0. The second-order valence-corrected chi connectivity index (χ2v) is 9.31. The van der Waals surface area contributed by atoms with Crippen LogP contribution in [0.3, 0.4) is 0 Å². The van der Waals surface area contributed by atoms with E-state index >= 15 is 0 Å². The molecule has 1 aliphatic heterocycles. The third-order valence-electron chi connectivity index (χ3n) is 5.37. The fourth-order valence-corrected chi connectivity index (χ4v) is 5.96. The lowest BCUT2D eigenvalue weighted by atomic mass is 9.93. The summed E-state index contributed by atoms with van der Waals surface area (Å²) in [4.78, 5) is 14.9. The molecule has 142 valence electrons. The van der Waals surface area contributed by atoms with Crippen molar-refractivity contribution in [1.29, 1.82) is 0 Å². The molecule has 1 aromatic rings. The summed E-state index contributed by atoms with van der Waals surface area (Å²) in [5.41, 5.74) is 2.64. The largest absolute Gasteiger partial charge is 0.340 e. The van der Waals surface area contributed by atoms with Gasteiger partial charge in [0.2, 0.25) is 15.9 Å². The molecule has 0 saturated carbocycles. The predicted molar refractivity (Wildman–Crippen MR) is 102 cm³/mol. The Morgan fingerprint density at radius 1 is 1.00 bits per heavy atom. The van der Waals surface area contributed by atoms with Gasteiger partial charge in [-0.05, 0) is 51.2 Å². The van der Waals surface area contributed by atoms with E-state index in [9.17, 15) is 13.2 Å². The second kappa shape index (κ2) is 7.53. The first kappa shape index (κ1) is 19.1. The number of sulfonamides is 1. The summed E-state index contributed by atoms with van der Waals surface area (Å²) >= 11 is 0. The van der Waals surface area contributed by atoms with Crippen LogP contribution in [0.1, 0.15) is 36.0 Å². The third kappa shape index (κ3) is 3.71. The molecule has 1 heterocycles. The molecule has 26 heavy (non-hydrogen) atoms. The van der Waals surface area contributed by atoms with Gasteiger partial charge in [0.25, 0.3) is 0 Å². The maximum atomic E-state index is 13.1. The van der Waals surface area contributed by atoms with E-state index in [4.69, 9.17) is 0 Å². The smallest absolute Gasteiger partial charge is 0.243 e. The van der Waals surface area contributed by atoms with E-state index in [0.717, 1.165) is 36.0 Å². The molecule has 5 nitrogen and oxygen atoms in total. The van der Waals surface area contributed by atoms with Crippen LogP contribution in [0, 0.1) is 26.7 Å². The summed E-state index contributed by atoms with van der Waals surface area (Å²) in [6, 6.07) is 3.83. The lowest BCUT2D eigenvalue weighted by Crippen LogP contribution is -2.52. The molecule has 1 aromatic carbocycles. The highest BCUT2D eigenvalue weighted by Crippen LogP contribution is 2.27. The zero-order valence-corrected chi connectivity index (χ0v) is 16.7. The zero-order chi connectivity index (χ0) is 18.9. The number of amides is 1. The van der Waals surface area contributed by atoms with Crippen molar-refractivity contribution in [3.8, 4) is 0 Å². The van der Waals surface area contributed by atoms with Gasteiger partial charge in [0.05, 0.1) is 4.90 Å². The van der Waals surface area contributed by atoms with Crippen LogP contribution >= 0.6 is 0 Å². The van der Waals surface area contributed by atoms with Crippen LogP contribution in [-0.2, 0) is 14.8 Å². The fraction of sp³-hybridized carbons (Fsp3) is 0.550. The number of benzene rings is 1. The Labute approximate surface area is 156 Å². The van der Waals surface area contributed by atoms with E-state index in [1.807, 2.05) is 37.8 Å². The number of nitrogens with zero attached hydrogens (tertiary/aromatic N) is 2. The molecule has 0 aromatic heterocycles. The molecule has 1 saturated heterocycles. The number of rotatable bonds is 3. The van der Waals surface area contributed by atoms with Crippen LogP contribution in [0.15, 0.2) is 29.2 Å². The Balaban J connectivity index is 1.71. The first-order valence-corrected chi connectivity index (χ1v) is 10.8. The van der Waals surface area contributed by atoms with Gasteiger partial charge >= 0.3 is 0 Å². The third-order valence-corrected chi connectivity index (χ3v) is 7.58. The van der Waals surface area contributed by atoms with Gasteiger partial charge in [0.15, 0.2) is 0 Å². The van der Waals surface area contributed by atoms with Crippen LogP contribution in [0.2, 0.25) is 0 Å². The minimum absolute atomic E-state index is 0.0599. The number of allylic oxidation sites excluding steroid dienone is 2. The molecule has 3 rings (SSSR count). The van der Waals surface area contributed by atoms with E-state index in [0.29, 0.717) is 31.1 Å². The number of hydrogen-bond acceptors (Lipinski definition) is 3. The minimum atomic E-state index is -3.53. The van der Waals surface area contributed by atoms with Crippen molar-refractivity contribution in [1.82, 2.24) is 9.21 Å². The summed E-state index contributed by atoms with van der Waals surface area (Å²) in [5.74, 6) is 0.235. The van der Waals surface area contributed by atoms with Gasteiger partial charge in [-0.15, -0.1) is 0 Å². The first-order chi connectivity index (χ1) is 12.3. The van der Waals surface area contributed by atoms with Crippen LogP contribution in [0.5, 0.6) is 0 Å². The molecule has 1 fully saturated rings. The van der Waals surface area contributed by atoms with E-state index in [1.165, 1.54) is 4.31 Å². The van der Waals surface area contributed by atoms with Gasteiger partial charge in [0, 0.05) is 32.1 Å². The van der Waals surface area contributed by atoms with Gasteiger partial charge in [-0.25, -0.2) is 8.42 Å². The normalized spacial score (nSPS) is 21.8. The molecular formula is C20H28N2O3S. The SMILES string of the molecule is Cc1cc(C)c(S(=O)(=O)N2CCN(C(=O)[C@@H]3CC=CCC3)CC2)c(C)c1. The number of carbonyl (C=O) groups excluding carboxylic acids is 1. The molecule has 0 radical (unpaired) electrons. The van der Waals surface area contributed by atoms with E-state index in [2.05, 4.69) is 12.2 Å². The Bertz CT molecular complexity index is 798. The molecule has 0 N–H and O–H groups in total. The van der Waals surface area contributed by atoms with Crippen molar-refractivity contribution < 1.29 is 13.2 Å². The molecular weight excluding hydrogens is 348 g/mol. The number of piperazine rings is 1. The van der Waals surface area contributed by atoms with Crippen molar-refractivity contribution in [3.05, 3.63) is 41.0 Å². The standard InChI is InChI=1S/C20H28N2O3S/c1-15-13-16(2)19(17(3)14-15)26(24,25)22-11-9-21(10-12-22)20(23)18-7-5-4-6-8-18/h4-5,13-14,18H,6-12H2,1-3H3/t18-/m1/s1. The van der Waals surface area contributed by atoms with Gasteiger partial charge in [-0.3, -0.25) is 4.79 Å². The molecule has 0 spiro atoms. The lowest BCUT2D eigenvalue weighted by Gasteiger charge is -2.36. The van der Waals surface area contributed by atoms with Crippen molar-refractivity contribution in [3.63, 3.8) is 0 Å². The summed E-state index contributed by atoms with van der Waals surface area (Å²) < 4.78 is 27.8. The Kier molecular flexibility index (Phi) is 5.53. The van der Waals surface area contributed by atoms with Crippen LogP contribution in [0.25, 0.3) is 0 Å². The van der Waals surface area contributed by atoms with Crippen LogP contribution in [0.4, 0.5) is 0 Å². The molecule has 1 aliphatic carbocycles. The monoisotopic (exact) mass is 376 g/mol. The average molecular weight is 377 g/mol. The van der Waals surface area contributed by atoms with E-state index < -0.39 is 10.0 Å². The molecule has 0 bridgehead atoms.